The first-order valence-corrected chi connectivity index (χ1v) is 7.78. The van der Waals surface area contributed by atoms with E-state index in [0.717, 1.165) is 37.1 Å². The Hall–Kier alpha value is -1.51. The molecule has 3 nitrogen and oxygen atoms in total. The van der Waals surface area contributed by atoms with Crippen LogP contribution in [0, 0.1) is 5.92 Å². The second kappa shape index (κ2) is 6.78. The molecule has 0 bridgehead atoms. The normalized spacial score (nSPS) is 21.2. The summed E-state index contributed by atoms with van der Waals surface area (Å²) in [4.78, 5) is 12.5. The number of para-hydroxylation sites is 1. The van der Waals surface area contributed by atoms with Crippen LogP contribution in [0.3, 0.4) is 0 Å². The number of hydrogen-bond acceptors (Lipinski definition) is 2. The summed E-state index contributed by atoms with van der Waals surface area (Å²) < 4.78 is 0. The van der Waals surface area contributed by atoms with Crippen molar-refractivity contribution in [3.05, 3.63) is 29.8 Å². The number of benzene rings is 1. The van der Waals surface area contributed by atoms with E-state index in [1.54, 1.807) is 0 Å². The number of rotatable bonds is 5. The van der Waals surface area contributed by atoms with Crippen LogP contribution in [0.25, 0.3) is 0 Å². The number of carbonyl (C=O) groups excluding carboxylic acids is 1. The Morgan fingerprint density at radius 1 is 1.35 bits per heavy atom. The highest BCUT2D eigenvalue weighted by Crippen LogP contribution is 2.34. The molecule has 1 aliphatic heterocycles. The van der Waals surface area contributed by atoms with Crippen LogP contribution in [0.5, 0.6) is 0 Å². The summed E-state index contributed by atoms with van der Waals surface area (Å²) in [6.45, 7) is 7.30. The molecule has 1 aromatic carbocycles. The van der Waals surface area contributed by atoms with Crippen LogP contribution in [0.2, 0.25) is 0 Å². The van der Waals surface area contributed by atoms with Gasteiger partial charge in [0.1, 0.15) is 0 Å². The van der Waals surface area contributed by atoms with E-state index in [4.69, 9.17) is 0 Å². The Morgan fingerprint density at radius 2 is 2.05 bits per heavy atom. The largest absolute Gasteiger partial charge is 0.382 e. The molecule has 0 saturated heterocycles. The predicted octanol–water partition coefficient (Wildman–Crippen LogP) is 3.53. The third-order valence-corrected chi connectivity index (χ3v) is 4.36. The molecule has 0 fully saturated rings. The average molecular weight is 274 g/mol. The van der Waals surface area contributed by atoms with Crippen LogP contribution in [-0.2, 0) is 4.79 Å². The molecule has 20 heavy (non-hydrogen) atoms. The van der Waals surface area contributed by atoms with Gasteiger partial charge in [-0.05, 0) is 30.9 Å². The highest BCUT2D eigenvalue weighted by molar-refractivity contribution is 5.86. The minimum Gasteiger partial charge on any atom is -0.382 e. The van der Waals surface area contributed by atoms with Crippen molar-refractivity contribution in [2.75, 3.05) is 11.9 Å². The minimum atomic E-state index is -0.0168. The van der Waals surface area contributed by atoms with Gasteiger partial charge in [0, 0.05) is 18.3 Å². The third-order valence-electron chi connectivity index (χ3n) is 4.36. The quantitative estimate of drug-likeness (QED) is 0.862. The zero-order valence-electron chi connectivity index (χ0n) is 12.8. The number of hydrogen-bond donors (Lipinski definition) is 2. The lowest BCUT2D eigenvalue weighted by molar-refractivity contribution is -0.123. The zero-order valence-corrected chi connectivity index (χ0v) is 12.8. The third kappa shape index (κ3) is 3.33. The molecule has 2 N–H and O–H groups in total. The second-order valence-corrected chi connectivity index (χ2v) is 5.85. The van der Waals surface area contributed by atoms with E-state index in [1.807, 2.05) is 12.1 Å². The van der Waals surface area contributed by atoms with Crippen molar-refractivity contribution >= 4 is 11.6 Å². The van der Waals surface area contributed by atoms with Crippen molar-refractivity contribution in [2.24, 2.45) is 5.92 Å². The van der Waals surface area contributed by atoms with E-state index in [2.05, 4.69) is 43.5 Å². The highest BCUT2D eigenvalue weighted by Gasteiger charge is 2.29. The molecule has 1 amide bonds. The molecular formula is C17H26N2O. The van der Waals surface area contributed by atoms with Gasteiger partial charge in [-0.1, -0.05) is 44.9 Å². The molecule has 1 heterocycles. The molecule has 2 unspecified atom stereocenters. The van der Waals surface area contributed by atoms with Gasteiger partial charge in [-0.3, -0.25) is 4.79 Å². The van der Waals surface area contributed by atoms with E-state index in [9.17, 15) is 4.79 Å². The lowest BCUT2D eigenvalue weighted by Crippen LogP contribution is -2.37. The Morgan fingerprint density at radius 3 is 2.75 bits per heavy atom. The molecule has 0 aliphatic carbocycles. The van der Waals surface area contributed by atoms with Crippen LogP contribution in [0.15, 0.2) is 24.3 Å². The Labute approximate surface area is 122 Å². The predicted molar refractivity (Wildman–Crippen MR) is 84.0 cm³/mol. The number of carbonyl (C=O) groups is 1. The van der Waals surface area contributed by atoms with Crippen LogP contribution in [-0.4, -0.2) is 18.5 Å². The average Bonchev–Trinajstić information content (AvgIpc) is 2.47. The standard InChI is InChI=1S/C17H26N2O/c1-4-13(5-2)11-18-17(20)15-10-12(3)19-16-9-7-6-8-14(15)16/h6-9,12-13,15,19H,4-5,10-11H2,1-3H3,(H,18,20). The number of fused-ring (bicyclic) bond motifs is 1. The SMILES string of the molecule is CCC(CC)CNC(=O)C1CC(C)Nc2ccccc21. The molecule has 1 aromatic rings. The van der Waals surface area contributed by atoms with Gasteiger partial charge in [0.25, 0.3) is 0 Å². The fourth-order valence-electron chi connectivity index (χ4n) is 2.93. The Bertz CT molecular complexity index is 454. The molecule has 2 atom stereocenters. The minimum absolute atomic E-state index is 0.0168. The Kier molecular flexibility index (Phi) is 5.05. The van der Waals surface area contributed by atoms with Crippen LogP contribution < -0.4 is 10.6 Å². The second-order valence-electron chi connectivity index (χ2n) is 5.85. The fraction of sp³-hybridized carbons (Fsp3) is 0.588. The van der Waals surface area contributed by atoms with Gasteiger partial charge < -0.3 is 10.6 Å². The first kappa shape index (κ1) is 14.9. The van der Waals surface area contributed by atoms with E-state index in [-0.39, 0.29) is 11.8 Å². The number of nitrogens with one attached hydrogen (secondary N) is 2. The van der Waals surface area contributed by atoms with Gasteiger partial charge in [-0.2, -0.15) is 0 Å². The van der Waals surface area contributed by atoms with Crippen molar-refractivity contribution in [1.29, 1.82) is 0 Å². The zero-order chi connectivity index (χ0) is 14.5. The molecule has 110 valence electrons. The van der Waals surface area contributed by atoms with Crippen molar-refractivity contribution < 1.29 is 4.79 Å². The van der Waals surface area contributed by atoms with Gasteiger partial charge in [-0.25, -0.2) is 0 Å². The van der Waals surface area contributed by atoms with Crippen LogP contribution >= 0.6 is 0 Å². The van der Waals surface area contributed by atoms with Crippen molar-refractivity contribution in [2.45, 2.75) is 52.0 Å². The lowest BCUT2D eigenvalue weighted by Gasteiger charge is -2.31. The van der Waals surface area contributed by atoms with E-state index in [0.29, 0.717) is 12.0 Å². The summed E-state index contributed by atoms with van der Waals surface area (Å²) >= 11 is 0. The maximum Gasteiger partial charge on any atom is 0.227 e. The first-order chi connectivity index (χ1) is 9.65. The summed E-state index contributed by atoms with van der Waals surface area (Å²) in [6, 6.07) is 8.50. The topological polar surface area (TPSA) is 41.1 Å². The molecule has 0 spiro atoms. The smallest absolute Gasteiger partial charge is 0.227 e. The number of amides is 1. The maximum atomic E-state index is 12.5. The summed E-state index contributed by atoms with van der Waals surface area (Å²) in [6.07, 6.45) is 3.11. The van der Waals surface area contributed by atoms with Crippen LogP contribution in [0.4, 0.5) is 5.69 Å². The van der Waals surface area contributed by atoms with E-state index in [1.165, 1.54) is 0 Å². The monoisotopic (exact) mass is 274 g/mol. The molecule has 0 radical (unpaired) electrons. The Balaban J connectivity index is 2.06. The summed E-state index contributed by atoms with van der Waals surface area (Å²) in [5, 5.41) is 6.60. The molecule has 0 saturated carbocycles. The van der Waals surface area contributed by atoms with Gasteiger partial charge in [0.15, 0.2) is 0 Å². The maximum absolute atomic E-state index is 12.5. The van der Waals surface area contributed by atoms with Gasteiger partial charge in [0.05, 0.1) is 5.92 Å². The lowest BCUT2D eigenvalue weighted by atomic mass is 9.86. The fourth-order valence-corrected chi connectivity index (χ4v) is 2.93. The molecule has 3 heteroatoms. The van der Waals surface area contributed by atoms with Crippen molar-refractivity contribution in [1.82, 2.24) is 5.32 Å². The van der Waals surface area contributed by atoms with Crippen molar-refractivity contribution in [3.8, 4) is 0 Å². The van der Waals surface area contributed by atoms with Crippen LogP contribution in [0.1, 0.15) is 51.5 Å². The summed E-state index contributed by atoms with van der Waals surface area (Å²) in [5.74, 6) is 0.753. The van der Waals surface area contributed by atoms with Gasteiger partial charge in [0.2, 0.25) is 5.91 Å². The number of anilines is 1. The first-order valence-electron chi connectivity index (χ1n) is 7.78. The molecule has 1 aliphatic rings. The summed E-state index contributed by atoms with van der Waals surface area (Å²) in [5.41, 5.74) is 2.24. The van der Waals surface area contributed by atoms with E-state index < -0.39 is 0 Å². The van der Waals surface area contributed by atoms with E-state index >= 15 is 0 Å². The van der Waals surface area contributed by atoms with Gasteiger partial charge >= 0.3 is 0 Å². The van der Waals surface area contributed by atoms with Gasteiger partial charge in [-0.15, -0.1) is 0 Å². The summed E-state index contributed by atoms with van der Waals surface area (Å²) in [7, 11) is 0. The highest BCUT2D eigenvalue weighted by atomic mass is 16.1. The molecule has 0 aromatic heterocycles. The van der Waals surface area contributed by atoms with Crippen molar-refractivity contribution in [3.63, 3.8) is 0 Å². The molecular weight excluding hydrogens is 248 g/mol. The molecule has 2 rings (SSSR count).